The lowest BCUT2D eigenvalue weighted by molar-refractivity contribution is 0.463. The molecular weight excluding hydrogens is 517 g/mol. The van der Waals surface area contributed by atoms with Crippen molar-refractivity contribution < 1.29 is 13.9 Å². The van der Waals surface area contributed by atoms with Crippen LogP contribution in [0.3, 0.4) is 0 Å². The number of hydrogen-bond donors (Lipinski definition) is 0. The highest BCUT2D eigenvalue weighted by Gasteiger charge is 2.40. The Morgan fingerprint density at radius 2 is 1.21 bits per heavy atom. The molecule has 0 aliphatic carbocycles. The van der Waals surface area contributed by atoms with Gasteiger partial charge < -0.3 is 18.8 Å². The second kappa shape index (κ2) is 8.79. The number of para-hydroxylation sites is 3. The van der Waals surface area contributed by atoms with E-state index in [0.717, 1.165) is 84.0 Å². The normalized spacial score (nSPS) is 12.7. The fraction of sp³-hybridized carbons (Fsp3) is 0.0270. The number of anilines is 3. The van der Waals surface area contributed by atoms with E-state index in [4.69, 9.17) is 13.9 Å². The summed E-state index contributed by atoms with van der Waals surface area (Å²) in [5, 5.41) is 2.10. The zero-order chi connectivity index (χ0) is 27.8. The fourth-order valence-corrected chi connectivity index (χ4v) is 6.60. The van der Waals surface area contributed by atoms with E-state index in [9.17, 15) is 0 Å². The van der Waals surface area contributed by atoms with Crippen molar-refractivity contribution in [2.45, 2.75) is 6.92 Å². The zero-order valence-electron chi connectivity index (χ0n) is 22.9. The van der Waals surface area contributed by atoms with Crippen molar-refractivity contribution in [1.82, 2.24) is 0 Å². The Morgan fingerprint density at radius 3 is 1.98 bits per heavy atom. The predicted molar refractivity (Wildman–Crippen MR) is 171 cm³/mol. The van der Waals surface area contributed by atoms with Crippen molar-refractivity contribution >= 4 is 62.1 Å². The Balaban J connectivity index is 1.23. The van der Waals surface area contributed by atoms with Crippen molar-refractivity contribution in [3.05, 3.63) is 133 Å². The highest BCUT2D eigenvalue weighted by molar-refractivity contribution is 6.98. The lowest BCUT2D eigenvalue weighted by Crippen LogP contribution is -2.57. The first-order chi connectivity index (χ1) is 20.7. The molecule has 0 atom stereocenters. The highest BCUT2D eigenvalue weighted by Crippen LogP contribution is 2.41. The second-order valence-electron chi connectivity index (χ2n) is 11.0. The van der Waals surface area contributed by atoms with Crippen molar-refractivity contribution in [2.75, 3.05) is 4.90 Å². The van der Waals surface area contributed by atoms with Crippen LogP contribution in [0.2, 0.25) is 0 Å². The lowest BCUT2D eigenvalue weighted by atomic mass is 9.34. The second-order valence-corrected chi connectivity index (χ2v) is 11.0. The molecule has 0 N–H and O–H groups in total. The third kappa shape index (κ3) is 3.37. The van der Waals surface area contributed by atoms with E-state index in [1.807, 2.05) is 30.3 Å². The van der Waals surface area contributed by atoms with Gasteiger partial charge in [0.2, 0.25) is 0 Å². The number of ether oxygens (including phenoxy) is 2. The summed E-state index contributed by atoms with van der Waals surface area (Å²) in [5.41, 5.74) is 9.32. The molecule has 0 fully saturated rings. The molecule has 6 aromatic carbocycles. The summed E-state index contributed by atoms with van der Waals surface area (Å²) in [6.45, 7) is 2.10. The minimum atomic E-state index is 0.00317. The van der Waals surface area contributed by atoms with Gasteiger partial charge in [0, 0.05) is 39.4 Å². The van der Waals surface area contributed by atoms with Gasteiger partial charge in [-0.25, -0.2) is 0 Å². The first-order valence-corrected chi connectivity index (χ1v) is 14.2. The Hall–Kier alpha value is -5.42. The monoisotopic (exact) mass is 541 g/mol. The molecule has 4 nitrogen and oxygen atoms in total. The molecule has 7 aromatic rings. The van der Waals surface area contributed by atoms with Crippen LogP contribution >= 0.6 is 0 Å². The fourth-order valence-electron chi connectivity index (χ4n) is 6.60. The topological polar surface area (TPSA) is 34.8 Å². The van der Waals surface area contributed by atoms with Gasteiger partial charge >= 0.3 is 0 Å². The van der Waals surface area contributed by atoms with Crippen LogP contribution in [0.5, 0.6) is 23.0 Å². The maximum Gasteiger partial charge on any atom is 0.260 e. The summed E-state index contributed by atoms with van der Waals surface area (Å²) in [6, 6.07) is 44.0. The Labute approximate surface area is 243 Å². The standard InChI is InChI=1S/C37H24BNO3/c1-23-10-8-15-29-37(23)42-32-17-9-16-31-36(32)38(29)30-22-34-28(21-35(30)40-31)27-19-18-26(20-33(27)41-34)39(24-11-4-2-5-12-24)25-13-6-3-7-14-25/h2-22H,1H3. The summed E-state index contributed by atoms with van der Waals surface area (Å²) in [6.07, 6.45) is 0. The molecule has 0 spiro atoms. The third-order valence-corrected chi connectivity index (χ3v) is 8.49. The first kappa shape index (κ1) is 23.3. The van der Waals surface area contributed by atoms with Crippen LogP contribution in [0.4, 0.5) is 17.1 Å². The number of fused-ring (bicyclic) bond motifs is 7. The molecule has 198 valence electrons. The van der Waals surface area contributed by atoms with Gasteiger partial charge in [0.05, 0.1) is 0 Å². The molecule has 2 aliphatic heterocycles. The molecule has 0 saturated heterocycles. The molecule has 1 aromatic heterocycles. The predicted octanol–water partition coefficient (Wildman–Crippen LogP) is 8.09. The summed E-state index contributed by atoms with van der Waals surface area (Å²) in [5.74, 6) is 3.47. The zero-order valence-corrected chi connectivity index (χ0v) is 22.9. The summed E-state index contributed by atoms with van der Waals surface area (Å²) >= 11 is 0. The van der Waals surface area contributed by atoms with E-state index >= 15 is 0 Å². The SMILES string of the molecule is Cc1cccc2c1Oc1cccc3c1B2c1cc2oc4cc(N(c5ccccc5)c5ccccc5)ccc4c2cc1O3. The van der Waals surface area contributed by atoms with Crippen molar-refractivity contribution in [2.24, 2.45) is 0 Å². The average Bonchev–Trinajstić information content (AvgIpc) is 3.38. The largest absolute Gasteiger partial charge is 0.458 e. The summed E-state index contributed by atoms with van der Waals surface area (Å²) in [7, 11) is 0. The Morgan fingerprint density at radius 1 is 0.524 bits per heavy atom. The number of aryl methyl sites for hydroxylation is 1. The van der Waals surface area contributed by atoms with Gasteiger partial charge in [0.15, 0.2) is 0 Å². The van der Waals surface area contributed by atoms with E-state index in [0.29, 0.717) is 0 Å². The van der Waals surface area contributed by atoms with E-state index in [2.05, 4.69) is 109 Å². The number of rotatable bonds is 3. The van der Waals surface area contributed by atoms with Crippen molar-refractivity contribution in [3.63, 3.8) is 0 Å². The van der Waals surface area contributed by atoms with Crippen LogP contribution in [-0.4, -0.2) is 6.71 Å². The molecular formula is C37H24BNO3. The Bertz CT molecular complexity index is 2130. The van der Waals surface area contributed by atoms with Gasteiger partial charge in [-0.2, -0.15) is 0 Å². The summed E-state index contributed by atoms with van der Waals surface area (Å²) < 4.78 is 19.6. The number of furan rings is 1. The molecule has 2 aliphatic rings. The van der Waals surface area contributed by atoms with E-state index in [-0.39, 0.29) is 6.71 Å². The molecule has 0 unspecified atom stereocenters. The maximum atomic E-state index is 6.61. The minimum Gasteiger partial charge on any atom is -0.458 e. The maximum absolute atomic E-state index is 6.61. The molecule has 0 bridgehead atoms. The van der Waals surface area contributed by atoms with Gasteiger partial charge in [0.25, 0.3) is 6.71 Å². The third-order valence-electron chi connectivity index (χ3n) is 8.49. The lowest BCUT2D eigenvalue weighted by Gasteiger charge is -2.33. The molecule has 5 heteroatoms. The quantitative estimate of drug-likeness (QED) is 0.212. The van der Waals surface area contributed by atoms with Crippen molar-refractivity contribution in [1.29, 1.82) is 0 Å². The van der Waals surface area contributed by atoms with Gasteiger partial charge in [0.1, 0.15) is 34.2 Å². The number of hydrogen-bond acceptors (Lipinski definition) is 4. The number of benzene rings is 6. The molecule has 42 heavy (non-hydrogen) atoms. The minimum absolute atomic E-state index is 0.00317. The van der Waals surface area contributed by atoms with Crippen LogP contribution in [0.15, 0.2) is 132 Å². The molecule has 9 rings (SSSR count). The summed E-state index contributed by atoms with van der Waals surface area (Å²) in [4.78, 5) is 2.25. The van der Waals surface area contributed by atoms with E-state index in [1.54, 1.807) is 0 Å². The number of nitrogens with zero attached hydrogens (tertiary/aromatic N) is 1. The van der Waals surface area contributed by atoms with Crippen molar-refractivity contribution in [3.8, 4) is 23.0 Å². The highest BCUT2D eigenvalue weighted by atomic mass is 16.5. The van der Waals surface area contributed by atoms with Gasteiger partial charge in [-0.3, -0.25) is 0 Å². The van der Waals surface area contributed by atoms with Crippen LogP contribution in [0, 0.1) is 6.92 Å². The molecule has 0 radical (unpaired) electrons. The van der Waals surface area contributed by atoms with Crippen LogP contribution < -0.4 is 30.8 Å². The van der Waals surface area contributed by atoms with E-state index in [1.165, 1.54) is 0 Å². The van der Waals surface area contributed by atoms with Gasteiger partial charge in [-0.15, -0.1) is 0 Å². The van der Waals surface area contributed by atoms with Crippen LogP contribution in [-0.2, 0) is 0 Å². The Kier molecular flexibility index (Phi) is 4.88. The smallest absolute Gasteiger partial charge is 0.260 e. The molecule has 0 saturated carbocycles. The van der Waals surface area contributed by atoms with Crippen LogP contribution in [0.25, 0.3) is 21.9 Å². The first-order valence-electron chi connectivity index (χ1n) is 14.2. The molecule has 3 heterocycles. The average molecular weight is 541 g/mol. The van der Waals surface area contributed by atoms with E-state index < -0.39 is 0 Å². The van der Waals surface area contributed by atoms with Gasteiger partial charge in [-0.1, -0.05) is 60.7 Å². The van der Waals surface area contributed by atoms with Gasteiger partial charge in [-0.05, 0) is 84.1 Å². The molecule has 0 amide bonds. The van der Waals surface area contributed by atoms with Crippen LogP contribution in [0.1, 0.15) is 5.56 Å².